The molecule has 0 spiro atoms. The van der Waals surface area contributed by atoms with Gasteiger partial charge < -0.3 is 0 Å². The number of rotatable bonds is 1. The topological polar surface area (TPSA) is 3.88 Å². The summed E-state index contributed by atoms with van der Waals surface area (Å²) in [6, 6.07) is 7.11. The largest absolute Gasteiger partial charge is 0.201 e. The van der Waals surface area contributed by atoms with Crippen molar-refractivity contribution in [3.63, 3.8) is 0 Å². The highest BCUT2D eigenvalue weighted by Crippen LogP contribution is 2.50. The lowest BCUT2D eigenvalue weighted by Crippen LogP contribution is -2.41. The van der Waals surface area contributed by atoms with Crippen molar-refractivity contribution in [3.05, 3.63) is 41.7 Å². The summed E-state index contributed by atoms with van der Waals surface area (Å²) in [5, 5.41) is 0. The number of aromatic nitrogens is 1. The first-order chi connectivity index (χ1) is 8.66. The Morgan fingerprint density at radius 2 is 1.72 bits per heavy atom. The van der Waals surface area contributed by atoms with Crippen molar-refractivity contribution in [1.82, 2.24) is 0 Å². The SMILES string of the molecule is CC1=C(C)C[C@@H]2[C@@H](C1)C[C@H]([n+]1ccccc1)[C@@H]2I. The number of nitrogens with zero attached hydrogens (tertiary/aromatic N) is 1. The van der Waals surface area contributed by atoms with Crippen molar-refractivity contribution in [3.8, 4) is 0 Å². The van der Waals surface area contributed by atoms with Crippen LogP contribution in [0, 0.1) is 11.8 Å². The molecule has 0 saturated heterocycles. The molecule has 2 heteroatoms. The highest BCUT2D eigenvalue weighted by atomic mass is 127. The zero-order valence-corrected chi connectivity index (χ0v) is 13.3. The molecule has 0 unspecified atom stereocenters. The van der Waals surface area contributed by atoms with Gasteiger partial charge in [-0.3, -0.25) is 0 Å². The molecule has 1 fully saturated rings. The van der Waals surface area contributed by atoms with Crippen LogP contribution >= 0.6 is 22.6 Å². The molecule has 0 aromatic carbocycles. The lowest BCUT2D eigenvalue weighted by Gasteiger charge is -2.28. The molecule has 2 aliphatic carbocycles. The molecule has 2 aliphatic rings. The molecule has 0 amide bonds. The second-order valence-electron chi connectivity index (χ2n) is 5.96. The molecule has 1 saturated carbocycles. The van der Waals surface area contributed by atoms with Crippen LogP contribution in [0.3, 0.4) is 0 Å². The summed E-state index contributed by atoms with van der Waals surface area (Å²) in [7, 11) is 0. The first kappa shape index (κ1) is 12.6. The maximum atomic E-state index is 2.71. The zero-order valence-electron chi connectivity index (χ0n) is 11.1. The van der Waals surface area contributed by atoms with E-state index in [2.05, 4.69) is 71.6 Å². The van der Waals surface area contributed by atoms with Gasteiger partial charge in [-0.15, -0.1) is 0 Å². The second kappa shape index (κ2) is 4.95. The molecule has 0 aliphatic heterocycles. The van der Waals surface area contributed by atoms with E-state index in [0.717, 1.165) is 15.8 Å². The van der Waals surface area contributed by atoms with Gasteiger partial charge in [-0.1, -0.05) is 39.8 Å². The van der Waals surface area contributed by atoms with Gasteiger partial charge in [0.15, 0.2) is 18.4 Å². The lowest BCUT2D eigenvalue weighted by atomic mass is 9.79. The molecule has 18 heavy (non-hydrogen) atoms. The summed E-state index contributed by atoms with van der Waals surface area (Å²) < 4.78 is 3.21. The monoisotopic (exact) mass is 354 g/mol. The summed E-state index contributed by atoms with van der Waals surface area (Å²) in [5.74, 6) is 1.81. The molecule has 1 aromatic rings. The third-order valence-corrected chi connectivity index (χ3v) is 6.64. The average Bonchev–Trinajstić information content (AvgIpc) is 2.69. The Balaban J connectivity index is 1.84. The van der Waals surface area contributed by atoms with Crippen LogP contribution in [0.25, 0.3) is 0 Å². The van der Waals surface area contributed by atoms with Crippen molar-refractivity contribution in [1.29, 1.82) is 0 Å². The van der Waals surface area contributed by atoms with Crippen molar-refractivity contribution in [2.75, 3.05) is 0 Å². The van der Waals surface area contributed by atoms with Crippen molar-refractivity contribution >= 4 is 22.6 Å². The van der Waals surface area contributed by atoms with Crippen LogP contribution in [0.5, 0.6) is 0 Å². The van der Waals surface area contributed by atoms with E-state index >= 15 is 0 Å². The van der Waals surface area contributed by atoms with Gasteiger partial charge in [0.25, 0.3) is 0 Å². The van der Waals surface area contributed by atoms with E-state index < -0.39 is 0 Å². The minimum atomic E-state index is 0.695. The third kappa shape index (κ3) is 2.13. The van der Waals surface area contributed by atoms with E-state index in [9.17, 15) is 0 Å². The Hall–Kier alpha value is -0.380. The average molecular weight is 354 g/mol. The van der Waals surface area contributed by atoms with Crippen LogP contribution in [0.4, 0.5) is 0 Å². The minimum Gasteiger partial charge on any atom is -0.201 e. The molecular weight excluding hydrogens is 333 g/mol. The number of fused-ring (bicyclic) bond motifs is 1. The summed E-state index contributed by atoms with van der Waals surface area (Å²) in [6.07, 6.45) is 8.49. The summed E-state index contributed by atoms with van der Waals surface area (Å²) in [5.41, 5.74) is 3.30. The molecule has 1 aromatic heterocycles. The first-order valence-corrected chi connectivity index (χ1v) is 8.16. The van der Waals surface area contributed by atoms with Gasteiger partial charge in [0.05, 0.1) is 3.92 Å². The molecule has 4 atom stereocenters. The molecule has 3 rings (SSSR count). The molecule has 0 bridgehead atoms. The van der Waals surface area contributed by atoms with E-state index in [1.54, 1.807) is 11.1 Å². The number of hydrogen-bond acceptors (Lipinski definition) is 0. The van der Waals surface area contributed by atoms with Gasteiger partial charge in [0, 0.05) is 18.6 Å². The van der Waals surface area contributed by atoms with Crippen LogP contribution in [-0.2, 0) is 0 Å². The van der Waals surface area contributed by atoms with Gasteiger partial charge in [0.1, 0.15) is 0 Å². The second-order valence-corrected chi connectivity index (χ2v) is 7.40. The standard InChI is InChI=1S/C16H21IN/c1-11-8-13-10-15(18-6-4-3-5-7-18)16(17)14(13)9-12(11)2/h3-7,13-16H,8-10H2,1-2H3/q+1/t13-,14+,15-,16+/m0/s1. The van der Waals surface area contributed by atoms with Crippen LogP contribution in [0.15, 0.2) is 41.7 Å². The summed E-state index contributed by atoms with van der Waals surface area (Å²) >= 11 is 2.71. The quantitative estimate of drug-likeness (QED) is 0.310. The molecule has 96 valence electrons. The van der Waals surface area contributed by atoms with Gasteiger partial charge in [-0.2, -0.15) is 0 Å². The van der Waals surface area contributed by atoms with Crippen LogP contribution < -0.4 is 4.57 Å². The minimum absolute atomic E-state index is 0.695. The van der Waals surface area contributed by atoms with Crippen molar-refractivity contribution < 1.29 is 4.57 Å². The Kier molecular flexibility index (Phi) is 3.48. The Morgan fingerprint density at radius 3 is 2.44 bits per heavy atom. The molecule has 0 N–H and O–H groups in total. The fourth-order valence-corrected chi connectivity index (χ4v) is 5.20. The predicted molar refractivity (Wildman–Crippen MR) is 82.7 cm³/mol. The Labute approximate surface area is 123 Å². The highest BCUT2D eigenvalue weighted by molar-refractivity contribution is 14.1. The van der Waals surface area contributed by atoms with Gasteiger partial charge in [0.2, 0.25) is 0 Å². The maximum Gasteiger partial charge on any atom is 0.170 e. The van der Waals surface area contributed by atoms with Crippen LogP contribution in [0.2, 0.25) is 0 Å². The highest BCUT2D eigenvalue weighted by Gasteiger charge is 2.47. The Bertz CT molecular complexity index is 465. The number of alkyl halides is 1. The normalized spacial score (nSPS) is 35.7. The van der Waals surface area contributed by atoms with Crippen LogP contribution in [0.1, 0.15) is 39.2 Å². The first-order valence-electron chi connectivity index (χ1n) is 6.92. The van der Waals surface area contributed by atoms with Gasteiger partial charge >= 0.3 is 0 Å². The van der Waals surface area contributed by atoms with E-state index in [-0.39, 0.29) is 0 Å². The molecule has 1 heterocycles. The Morgan fingerprint density at radius 1 is 1.06 bits per heavy atom. The van der Waals surface area contributed by atoms with Crippen molar-refractivity contribution in [2.24, 2.45) is 11.8 Å². The van der Waals surface area contributed by atoms with Crippen LogP contribution in [-0.4, -0.2) is 3.92 Å². The molecule has 1 nitrogen and oxygen atoms in total. The number of hydrogen-bond donors (Lipinski definition) is 0. The van der Waals surface area contributed by atoms with E-state index in [0.29, 0.717) is 6.04 Å². The zero-order chi connectivity index (χ0) is 12.7. The van der Waals surface area contributed by atoms with Gasteiger partial charge in [-0.25, -0.2) is 4.57 Å². The van der Waals surface area contributed by atoms with Crippen molar-refractivity contribution in [2.45, 2.75) is 43.1 Å². The molecule has 0 radical (unpaired) electrons. The fraction of sp³-hybridized carbons (Fsp3) is 0.562. The fourth-order valence-electron chi connectivity index (χ4n) is 3.69. The van der Waals surface area contributed by atoms with E-state index in [1.165, 1.54) is 19.3 Å². The maximum absolute atomic E-state index is 2.71. The van der Waals surface area contributed by atoms with E-state index in [1.807, 2.05) is 0 Å². The van der Waals surface area contributed by atoms with Gasteiger partial charge in [-0.05, 0) is 38.5 Å². The lowest BCUT2D eigenvalue weighted by molar-refractivity contribution is -0.720. The number of halogens is 1. The number of allylic oxidation sites excluding steroid dienone is 2. The number of pyridine rings is 1. The summed E-state index contributed by atoms with van der Waals surface area (Å²) in [6.45, 7) is 4.66. The smallest absolute Gasteiger partial charge is 0.170 e. The molecular formula is C16H21IN+. The van der Waals surface area contributed by atoms with E-state index in [4.69, 9.17) is 0 Å². The predicted octanol–water partition coefficient (Wildman–Crippen LogP) is 4.09. The third-order valence-electron chi connectivity index (χ3n) is 4.89. The summed E-state index contributed by atoms with van der Waals surface area (Å²) in [4.78, 5) is 0.